The van der Waals surface area contributed by atoms with Crippen LogP contribution in [-0.2, 0) is 11.2 Å². The molecule has 0 unspecified atom stereocenters. The van der Waals surface area contributed by atoms with E-state index in [9.17, 15) is 9.59 Å². The number of fused-ring (bicyclic) bond motifs is 1. The summed E-state index contributed by atoms with van der Waals surface area (Å²) < 4.78 is 0.833. The van der Waals surface area contributed by atoms with E-state index in [1.165, 1.54) is 11.8 Å². The van der Waals surface area contributed by atoms with Gasteiger partial charge in [-0.3, -0.25) is 9.59 Å². The molecule has 1 aliphatic rings. The number of halogens is 2. The van der Waals surface area contributed by atoms with Crippen molar-refractivity contribution < 1.29 is 9.59 Å². The van der Waals surface area contributed by atoms with Gasteiger partial charge in [0.05, 0.1) is 11.4 Å². The van der Waals surface area contributed by atoms with Crippen LogP contribution in [0.4, 0.5) is 11.4 Å². The molecule has 1 N–H and O–H groups in total. The van der Waals surface area contributed by atoms with Gasteiger partial charge in [0.1, 0.15) is 0 Å². The first-order valence-corrected chi connectivity index (χ1v) is 8.31. The van der Waals surface area contributed by atoms with Crippen LogP contribution >= 0.6 is 27.5 Å². The molecular formula is C17H14BrClN2O2. The lowest BCUT2D eigenvalue weighted by Gasteiger charge is -2.22. The van der Waals surface area contributed by atoms with Crippen molar-refractivity contribution >= 4 is 50.7 Å². The lowest BCUT2D eigenvalue weighted by molar-refractivity contribution is -0.115. The largest absolute Gasteiger partial charge is 0.383 e. The third-order valence-electron chi connectivity index (χ3n) is 3.69. The molecule has 2 aromatic rings. The Labute approximate surface area is 147 Å². The second-order valence-electron chi connectivity index (χ2n) is 5.31. The van der Waals surface area contributed by atoms with E-state index < -0.39 is 5.91 Å². The Kier molecular flexibility index (Phi) is 4.41. The van der Waals surface area contributed by atoms with Gasteiger partial charge in [-0.2, -0.15) is 0 Å². The Morgan fingerprint density at radius 1 is 1.26 bits per heavy atom. The quantitative estimate of drug-likeness (QED) is 0.829. The highest BCUT2D eigenvalue weighted by Gasteiger charge is 2.27. The molecule has 1 aliphatic heterocycles. The van der Waals surface area contributed by atoms with Crippen molar-refractivity contribution in [2.45, 2.75) is 13.3 Å². The molecule has 0 aromatic heterocycles. The highest BCUT2D eigenvalue weighted by atomic mass is 79.9. The van der Waals surface area contributed by atoms with E-state index >= 15 is 0 Å². The molecule has 2 amide bonds. The Balaban J connectivity index is 2.10. The highest BCUT2D eigenvalue weighted by Crippen LogP contribution is 2.37. The molecule has 0 atom stereocenters. The molecule has 1 heterocycles. The zero-order valence-electron chi connectivity index (χ0n) is 12.4. The summed E-state index contributed by atoms with van der Waals surface area (Å²) in [6.07, 6.45) is 0.860. The van der Waals surface area contributed by atoms with Gasteiger partial charge in [-0.05, 0) is 42.3 Å². The van der Waals surface area contributed by atoms with Crippen molar-refractivity contribution in [3.05, 3.63) is 57.0 Å². The maximum atomic E-state index is 12.9. The van der Waals surface area contributed by atoms with E-state index in [0.29, 0.717) is 16.3 Å². The second kappa shape index (κ2) is 6.34. The number of anilines is 2. The first-order valence-electron chi connectivity index (χ1n) is 7.14. The average molecular weight is 394 g/mol. The number of rotatable bonds is 2. The summed E-state index contributed by atoms with van der Waals surface area (Å²) >= 11 is 9.41. The predicted octanol–water partition coefficient (Wildman–Crippen LogP) is 4.26. The summed E-state index contributed by atoms with van der Waals surface area (Å²) in [7, 11) is 0. The van der Waals surface area contributed by atoms with Crippen LogP contribution in [0.25, 0.3) is 0 Å². The normalized spacial score (nSPS) is 12.5. The van der Waals surface area contributed by atoms with Gasteiger partial charge in [0.15, 0.2) is 0 Å². The SMILES string of the molecule is CC(=O)N(C(=O)c1cccc(Cl)c1)c1cc(Br)cc2c1NCC2. The molecule has 0 spiro atoms. The number of amides is 2. The fourth-order valence-electron chi connectivity index (χ4n) is 2.72. The van der Waals surface area contributed by atoms with Crippen molar-refractivity contribution in [3.63, 3.8) is 0 Å². The summed E-state index contributed by atoms with van der Waals surface area (Å²) in [5, 5.41) is 3.71. The molecular weight excluding hydrogens is 380 g/mol. The standard InChI is InChI=1S/C17H14BrClN2O2/c1-10(22)21(17(23)12-3-2-4-14(19)8-12)15-9-13(18)7-11-5-6-20-16(11)15/h2-4,7-9,20H,5-6H2,1H3. The van der Waals surface area contributed by atoms with Gasteiger partial charge in [-0.1, -0.05) is 33.6 Å². The van der Waals surface area contributed by atoms with Crippen LogP contribution in [0.3, 0.4) is 0 Å². The lowest BCUT2D eigenvalue weighted by Crippen LogP contribution is -2.35. The third-order valence-corrected chi connectivity index (χ3v) is 4.38. The van der Waals surface area contributed by atoms with Gasteiger partial charge < -0.3 is 5.32 Å². The number of imide groups is 1. The van der Waals surface area contributed by atoms with Crippen LogP contribution in [0.2, 0.25) is 5.02 Å². The lowest BCUT2D eigenvalue weighted by atomic mass is 10.1. The molecule has 0 aliphatic carbocycles. The van der Waals surface area contributed by atoms with Crippen molar-refractivity contribution in [2.75, 3.05) is 16.8 Å². The van der Waals surface area contributed by atoms with Crippen LogP contribution in [0.15, 0.2) is 40.9 Å². The highest BCUT2D eigenvalue weighted by molar-refractivity contribution is 9.10. The molecule has 0 saturated carbocycles. The smallest absolute Gasteiger partial charge is 0.265 e. The fraction of sp³-hybridized carbons (Fsp3) is 0.176. The minimum Gasteiger partial charge on any atom is -0.383 e. The summed E-state index contributed by atoms with van der Waals surface area (Å²) in [6, 6.07) is 10.4. The monoisotopic (exact) mass is 392 g/mol. The van der Waals surface area contributed by atoms with Gasteiger partial charge in [-0.25, -0.2) is 4.90 Å². The number of benzene rings is 2. The number of carbonyl (C=O) groups excluding carboxylic acids is 2. The molecule has 2 aromatic carbocycles. The molecule has 6 heteroatoms. The van der Waals surface area contributed by atoms with Gasteiger partial charge in [0, 0.05) is 28.5 Å². The van der Waals surface area contributed by atoms with Crippen LogP contribution in [0, 0.1) is 0 Å². The summed E-state index contributed by atoms with van der Waals surface area (Å²) in [5.41, 5.74) is 2.85. The van der Waals surface area contributed by atoms with Crippen molar-refractivity contribution in [1.29, 1.82) is 0 Å². The van der Waals surface area contributed by atoms with Crippen LogP contribution < -0.4 is 10.2 Å². The summed E-state index contributed by atoms with van der Waals surface area (Å²) in [4.78, 5) is 26.2. The van der Waals surface area contributed by atoms with Crippen molar-refractivity contribution in [3.8, 4) is 0 Å². The van der Waals surface area contributed by atoms with Crippen molar-refractivity contribution in [1.82, 2.24) is 0 Å². The van der Waals surface area contributed by atoms with Crippen LogP contribution in [0.1, 0.15) is 22.8 Å². The minimum atomic E-state index is -0.394. The van der Waals surface area contributed by atoms with Crippen LogP contribution in [0.5, 0.6) is 0 Å². The van der Waals surface area contributed by atoms with E-state index in [1.54, 1.807) is 30.3 Å². The summed E-state index contributed by atoms with van der Waals surface area (Å²) in [6.45, 7) is 2.17. The molecule has 118 valence electrons. The van der Waals surface area contributed by atoms with Crippen molar-refractivity contribution in [2.24, 2.45) is 0 Å². The van der Waals surface area contributed by atoms with Gasteiger partial charge in [-0.15, -0.1) is 0 Å². The van der Waals surface area contributed by atoms with E-state index in [-0.39, 0.29) is 5.91 Å². The summed E-state index contributed by atoms with van der Waals surface area (Å²) in [5.74, 6) is -0.738. The Hall–Kier alpha value is -1.85. The van der Waals surface area contributed by atoms with E-state index in [4.69, 9.17) is 11.6 Å². The topological polar surface area (TPSA) is 49.4 Å². The van der Waals surface area contributed by atoms with E-state index in [2.05, 4.69) is 21.2 Å². The molecule has 23 heavy (non-hydrogen) atoms. The Morgan fingerprint density at radius 2 is 2.04 bits per heavy atom. The first-order chi connectivity index (χ1) is 11.0. The first kappa shape index (κ1) is 16.0. The Morgan fingerprint density at radius 3 is 2.74 bits per heavy atom. The van der Waals surface area contributed by atoms with E-state index in [0.717, 1.165) is 28.7 Å². The number of hydrogen-bond donors (Lipinski definition) is 1. The predicted molar refractivity (Wildman–Crippen MR) is 95.3 cm³/mol. The molecule has 3 rings (SSSR count). The molecule has 0 bridgehead atoms. The zero-order chi connectivity index (χ0) is 16.6. The van der Waals surface area contributed by atoms with Crippen LogP contribution in [-0.4, -0.2) is 18.4 Å². The van der Waals surface area contributed by atoms with Gasteiger partial charge in [0.2, 0.25) is 5.91 Å². The number of nitrogens with zero attached hydrogens (tertiary/aromatic N) is 1. The molecule has 0 radical (unpaired) electrons. The zero-order valence-corrected chi connectivity index (χ0v) is 14.7. The average Bonchev–Trinajstić information content (AvgIpc) is 2.95. The maximum absolute atomic E-state index is 12.9. The van der Waals surface area contributed by atoms with E-state index in [1.807, 2.05) is 6.07 Å². The maximum Gasteiger partial charge on any atom is 0.265 e. The van der Waals surface area contributed by atoms with Gasteiger partial charge in [0.25, 0.3) is 5.91 Å². The Bertz CT molecular complexity index is 807. The number of carbonyl (C=O) groups is 2. The molecule has 0 fully saturated rings. The molecule has 0 saturated heterocycles. The number of nitrogens with one attached hydrogen (secondary N) is 1. The number of hydrogen-bond acceptors (Lipinski definition) is 3. The minimum absolute atomic E-state index is 0.344. The second-order valence-corrected chi connectivity index (χ2v) is 6.66. The molecule has 4 nitrogen and oxygen atoms in total. The van der Waals surface area contributed by atoms with Gasteiger partial charge >= 0.3 is 0 Å². The third kappa shape index (κ3) is 3.12. The fourth-order valence-corrected chi connectivity index (χ4v) is 3.40.